The summed E-state index contributed by atoms with van der Waals surface area (Å²) in [5.74, 6) is -0.442. The largest absolute Gasteiger partial charge is 0.460 e. The van der Waals surface area contributed by atoms with Crippen LogP contribution in [-0.4, -0.2) is 25.4 Å². The van der Waals surface area contributed by atoms with Crippen molar-refractivity contribution in [3.63, 3.8) is 0 Å². The highest BCUT2D eigenvalue weighted by Gasteiger charge is 2.00. The Labute approximate surface area is 72.3 Å². The molecule has 0 aromatic rings. The maximum atomic E-state index is 10.2. The summed E-state index contributed by atoms with van der Waals surface area (Å²) < 4.78 is 4.43. The SMILES string of the molecule is CCC=O.[C-]#[N+]CC(=O)OCC. The molecule has 0 saturated carbocycles. The van der Waals surface area contributed by atoms with Gasteiger partial charge in [0.2, 0.25) is 0 Å². The molecule has 68 valence electrons. The molecule has 0 saturated heterocycles. The van der Waals surface area contributed by atoms with Gasteiger partial charge in [0.15, 0.2) is 0 Å². The Bertz CT molecular complexity index is 160. The van der Waals surface area contributed by atoms with Crippen LogP contribution in [0.25, 0.3) is 4.85 Å². The van der Waals surface area contributed by atoms with Crippen LogP contribution < -0.4 is 0 Å². The molecule has 0 aliphatic heterocycles. The van der Waals surface area contributed by atoms with Gasteiger partial charge in [-0.15, -0.1) is 0 Å². The molecule has 0 unspecified atom stereocenters. The van der Waals surface area contributed by atoms with Gasteiger partial charge in [-0.1, -0.05) is 6.92 Å². The molecule has 0 rings (SSSR count). The van der Waals surface area contributed by atoms with Crippen molar-refractivity contribution < 1.29 is 14.3 Å². The summed E-state index contributed by atoms with van der Waals surface area (Å²) in [6.07, 6.45) is 1.51. The number of hydrogen-bond donors (Lipinski definition) is 0. The zero-order chi connectivity index (χ0) is 9.82. The molecule has 0 amide bonds. The molecule has 0 fully saturated rings. The number of hydrogen-bond acceptors (Lipinski definition) is 3. The molecule has 0 atom stereocenters. The summed E-state index contributed by atoms with van der Waals surface area (Å²) in [6, 6.07) is 0. The Morgan fingerprint density at radius 2 is 2.08 bits per heavy atom. The molecule has 12 heavy (non-hydrogen) atoms. The minimum absolute atomic E-state index is 0.159. The van der Waals surface area contributed by atoms with Crippen molar-refractivity contribution in [1.29, 1.82) is 0 Å². The number of esters is 1. The van der Waals surface area contributed by atoms with E-state index in [0.29, 0.717) is 13.0 Å². The number of ether oxygens (including phenoxy) is 1. The van der Waals surface area contributed by atoms with E-state index in [1.54, 1.807) is 6.92 Å². The van der Waals surface area contributed by atoms with E-state index < -0.39 is 5.97 Å². The molecule has 0 bridgehead atoms. The summed E-state index contributed by atoms with van der Waals surface area (Å²) in [4.78, 5) is 22.2. The number of nitrogens with zero attached hydrogens (tertiary/aromatic N) is 1. The lowest BCUT2D eigenvalue weighted by molar-refractivity contribution is -0.140. The van der Waals surface area contributed by atoms with Crippen LogP contribution in [0.1, 0.15) is 20.3 Å². The maximum absolute atomic E-state index is 10.2. The molecule has 0 aliphatic rings. The highest BCUT2D eigenvalue weighted by atomic mass is 16.5. The number of rotatable bonds is 3. The fraction of sp³-hybridized carbons (Fsp3) is 0.625. The Kier molecular flexibility index (Phi) is 13.6. The van der Waals surface area contributed by atoms with Gasteiger partial charge in [0.25, 0.3) is 0 Å². The van der Waals surface area contributed by atoms with E-state index in [4.69, 9.17) is 6.57 Å². The fourth-order valence-corrected chi connectivity index (χ4v) is 0.271. The second-order valence-corrected chi connectivity index (χ2v) is 1.70. The third-order valence-corrected chi connectivity index (χ3v) is 0.680. The zero-order valence-electron chi connectivity index (χ0n) is 7.37. The lowest BCUT2D eigenvalue weighted by Crippen LogP contribution is -2.05. The summed E-state index contributed by atoms with van der Waals surface area (Å²) in [5, 5.41) is 0. The fourth-order valence-electron chi connectivity index (χ4n) is 0.271. The third kappa shape index (κ3) is 15.9. The van der Waals surface area contributed by atoms with Crippen molar-refractivity contribution in [1.82, 2.24) is 0 Å². The summed E-state index contributed by atoms with van der Waals surface area (Å²) in [5.41, 5.74) is 0. The van der Waals surface area contributed by atoms with Gasteiger partial charge >= 0.3 is 12.5 Å². The van der Waals surface area contributed by atoms with E-state index in [9.17, 15) is 9.59 Å². The topological polar surface area (TPSA) is 47.7 Å². The van der Waals surface area contributed by atoms with Gasteiger partial charge < -0.3 is 14.4 Å². The lowest BCUT2D eigenvalue weighted by atomic mass is 10.6. The standard InChI is InChI=1S/C5H7NO2.C3H6O/c1-3-8-5(7)4-6-2;1-2-3-4/h3-4H2,1H3;3H,2H2,1H3. The number of aldehydes is 1. The van der Waals surface area contributed by atoms with Gasteiger partial charge in [-0.2, -0.15) is 0 Å². The minimum atomic E-state index is -0.442. The van der Waals surface area contributed by atoms with Crippen LogP contribution in [0.5, 0.6) is 0 Å². The first-order valence-electron chi connectivity index (χ1n) is 3.65. The molecule has 0 N–H and O–H groups in total. The first kappa shape index (κ1) is 13.2. The van der Waals surface area contributed by atoms with Gasteiger partial charge in [0.1, 0.15) is 6.29 Å². The van der Waals surface area contributed by atoms with Crippen molar-refractivity contribution >= 4 is 12.3 Å². The monoisotopic (exact) mass is 171 g/mol. The van der Waals surface area contributed by atoms with Gasteiger partial charge in [-0.3, -0.25) is 0 Å². The lowest BCUT2D eigenvalue weighted by Gasteiger charge is -1.90. The van der Waals surface area contributed by atoms with Crippen LogP contribution in [0.15, 0.2) is 0 Å². The van der Waals surface area contributed by atoms with Crippen LogP contribution in [0.3, 0.4) is 0 Å². The van der Waals surface area contributed by atoms with E-state index in [0.717, 1.165) is 6.29 Å². The molecular weight excluding hydrogens is 158 g/mol. The predicted molar refractivity (Wildman–Crippen MR) is 44.5 cm³/mol. The average molecular weight is 171 g/mol. The van der Waals surface area contributed by atoms with Crippen molar-refractivity contribution in [3.8, 4) is 0 Å². The third-order valence-electron chi connectivity index (χ3n) is 0.680. The Balaban J connectivity index is 0. The average Bonchev–Trinajstić information content (AvgIpc) is 2.06. The highest BCUT2D eigenvalue weighted by molar-refractivity contribution is 5.73. The molecule has 0 spiro atoms. The van der Waals surface area contributed by atoms with Crippen LogP contribution in [-0.2, 0) is 14.3 Å². The Morgan fingerprint density at radius 3 is 2.33 bits per heavy atom. The quantitative estimate of drug-likeness (QED) is 0.362. The van der Waals surface area contributed by atoms with E-state index in [1.807, 2.05) is 6.92 Å². The minimum Gasteiger partial charge on any atom is -0.460 e. The van der Waals surface area contributed by atoms with Crippen LogP contribution >= 0.6 is 0 Å². The summed E-state index contributed by atoms with van der Waals surface area (Å²) in [7, 11) is 0. The smallest absolute Gasteiger partial charge is 0.387 e. The molecule has 0 aliphatic carbocycles. The van der Waals surface area contributed by atoms with Crippen LogP contribution in [0.2, 0.25) is 0 Å². The van der Waals surface area contributed by atoms with Crippen molar-refractivity contribution in [2.24, 2.45) is 0 Å². The van der Waals surface area contributed by atoms with Crippen molar-refractivity contribution in [2.75, 3.05) is 13.2 Å². The summed E-state index contributed by atoms with van der Waals surface area (Å²) >= 11 is 0. The first-order valence-corrected chi connectivity index (χ1v) is 3.65. The molecule has 0 aromatic carbocycles. The van der Waals surface area contributed by atoms with Gasteiger partial charge in [0.05, 0.1) is 6.61 Å². The second-order valence-electron chi connectivity index (χ2n) is 1.70. The maximum Gasteiger partial charge on any atom is 0.387 e. The van der Waals surface area contributed by atoms with Crippen LogP contribution in [0.4, 0.5) is 0 Å². The molecule has 4 nitrogen and oxygen atoms in total. The van der Waals surface area contributed by atoms with E-state index in [2.05, 4.69) is 9.58 Å². The van der Waals surface area contributed by atoms with Crippen molar-refractivity contribution in [2.45, 2.75) is 20.3 Å². The second kappa shape index (κ2) is 12.3. The highest BCUT2D eigenvalue weighted by Crippen LogP contribution is 1.76. The Morgan fingerprint density at radius 1 is 1.58 bits per heavy atom. The number of carbonyl (C=O) groups excluding carboxylic acids is 2. The normalized spacial score (nSPS) is 7.08. The molecule has 0 radical (unpaired) electrons. The van der Waals surface area contributed by atoms with Crippen LogP contribution in [0, 0.1) is 6.57 Å². The molecule has 4 heteroatoms. The van der Waals surface area contributed by atoms with Gasteiger partial charge in [-0.05, 0) is 6.92 Å². The summed E-state index contributed by atoms with van der Waals surface area (Å²) in [6.45, 7) is 9.95. The predicted octanol–water partition coefficient (Wildman–Crippen LogP) is 1.06. The molecule has 0 heterocycles. The van der Waals surface area contributed by atoms with Crippen molar-refractivity contribution in [3.05, 3.63) is 11.4 Å². The Hall–Kier alpha value is -1.37. The van der Waals surface area contributed by atoms with Gasteiger partial charge in [0, 0.05) is 6.42 Å². The van der Waals surface area contributed by atoms with E-state index >= 15 is 0 Å². The number of carbonyl (C=O) groups is 2. The van der Waals surface area contributed by atoms with Gasteiger partial charge in [-0.25, -0.2) is 11.4 Å². The first-order chi connectivity index (χ1) is 5.72. The zero-order valence-corrected chi connectivity index (χ0v) is 7.37. The molecular formula is C8H13NO3. The van der Waals surface area contributed by atoms with E-state index in [-0.39, 0.29) is 6.54 Å². The van der Waals surface area contributed by atoms with E-state index in [1.165, 1.54) is 0 Å². The molecule has 0 aromatic heterocycles.